The van der Waals surface area contributed by atoms with Gasteiger partial charge in [0.1, 0.15) is 0 Å². The molecule has 0 atom stereocenters. The van der Waals surface area contributed by atoms with Crippen LogP contribution in [-0.2, 0) is 21.4 Å². The van der Waals surface area contributed by atoms with Gasteiger partial charge in [0.05, 0.1) is 24.2 Å². The fourth-order valence-corrected chi connectivity index (χ4v) is 3.90. The lowest BCUT2D eigenvalue weighted by atomic mass is 10.1. The molecule has 0 fully saturated rings. The van der Waals surface area contributed by atoms with E-state index >= 15 is 0 Å². The summed E-state index contributed by atoms with van der Waals surface area (Å²) in [5.74, 6) is -0.280. The Morgan fingerprint density at radius 3 is 2.27 bits per heavy atom. The molecule has 1 heterocycles. The summed E-state index contributed by atoms with van der Waals surface area (Å²) >= 11 is 0. The SMILES string of the molecule is CON(C)S(=O)(=O)c1ccc(NC(=O)c2ccc(Cn3nc(C)cc3C)cc2)cc1. The Morgan fingerprint density at radius 2 is 1.73 bits per heavy atom. The van der Waals surface area contributed by atoms with Crippen LogP contribution in [-0.4, -0.2) is 42.7 Å². The highest BCUT2D eigenvalue weighted by molar-refractivity contribution is 7.89. The molecule has 9 heteroatoms. The van der Waals surface area contributed by atoms with Gasteiger partial charge in [-0.15, -0.1) is 0 Å². The van der Waals surface area contributed by atoms with Crippen LogP contribution < -0.4 is 5.32 Å². The smallest absolute Gasteiger partial charge is 0.264 e. The number of amides is 1. The van der Waals surface area contributed by atoms with E-state index in [1.165, 1.54) is 38.4 Å². The first-order valence-electron chi connectivity index (χ1n) is 9.25. The van der Waals surface area contributed by atoms with Crippen molar-refractivity contribution in [3.05, 3.63) is 77.1 Å². The van der Waals surface area contributed by atoms with Gasteiger partial charge in [0.2, 0.25) is 0 Å². The number of sulfonamides is 1. The zero-order valence-electron chi connectivity index (χ0n) is 17.3. The summed E-state index contributed by atoms with van der Waals surface area (Å²) in [5.41, 5.74) is 4.08. The van der Waals surface area contributed by atoms with Crippen molar-refractivity contribution in [3.63, 3.8) is 0 Å². The second-order valence-corrected chi connectivity index (χ2v) is 8.79. The summed E-state index contributed by atoms with van der Waals surface area (Å²) < 4.78 is 27.1. The van der Waals surface area contributed by atoms with E-state index in [0.717, 1.165) is 21.4 Å². The lowest BCUT2D eigenvalue weighted by molar-refractivity contribution is -0.0258. The molecule has 0 aliphatic rings. The van der Waals surface area contributed by atoms with Gasteiger partial charge in [-0.3, -0.25) is 14.3 Å². The van der Waals surface area contributed by atoms with E-state index in [4.69, 9.17) is 4.84 Å². The van der Waals surface area contributed by atoms with Gasteiger partial charge in [0.15, 0.2) is 0 Å². The van der Waals surface area contributed by atoms with Crippen LogP contribution in [0, 0.1) is 13.8 Å². The van der Waals surface area contributed by atoms with Crippen LogP contribution in [0.5, 0.6) is 0 Å². The molecular formula is C21H24N4O4S. The van der Waals surface area contributed by atoms with Crippen molar-refractivity contribution in [2.24, 2.45) is 0 Å². The summed E-state index contributed by atoms with van der Waals surface area (Å²) in [6.45, 7) is 4.59. The highest BCUT2D eigenvalue weighted by atomic mass is 32.2. The number of hydroxylamine groups is 1. The van der Waals surface area contributed by atoms with E-state index in [9.17, 15) is 13.2 Å². The van der Waals surface area contributed by atoms with Crippen molar-refractivity contribution in [1.82, 2.24) is 14.2 Å². The Kier molecular flexibility index (Phi) is 6.35. The maximum atomic E-state index is 12.5. The topological polar surface area (TPSA) is 93.5 Å². The third kappa shape index (κ3) is 4.76. The molecule has 3 rings (SSSR count). The normalized spacial score (nSPS) is 11.6. The van der Waals surface area contributed by atoms with E-state index < -0.39 is 10.0 Å². The Bertz CT molecular complexity index is 1140. The molecule has 30 heavy (non-hydrogen) atoms. The van der Waals surface area contributed by atoms with Crippen molar-refractivity contribution >= 4 is 21.6 Å². The molecule has 1 amide bonds. The molecule has 8 nitrogen and oxygen atoms in total. The van der Waals surface area contributed by atoms with Gasteiger partial charge in [0, 0.05) is 24.0 Å². The molecule has 1 aromatic heterocycles. The largest absolute Gasteiger partial charge is 0.322 e. The molecule has 0 saturated carbocycles. The minimum absolute atomic E-state index is 0.0679. The van der Waals surface area contributed by atoms with Crippen LogP contribution in [0.3, 0.4) is 0 Å². The standard InChI is InChI=1S/C21H24N4O4S/c1-15-13-16(2)25(23-15)14-17-5-7-18(8-6-17)21(26)22-19-9-11-20(12-10-19)30(27,28)24(3)29-4/h5-13H,14H2,1-4H3,(H,22,26). The van der Waals surface area contributed by atoms with Crippen LogP contribution in [0.4, 0.5) is 5.69 Å². The number of hydrogen-bond donors (Lipinski definition) is 1. The number of carbonyl (C=O) groups is 1. The van der Waals surface area contributed by atoms with Gasteiger partial charge in [0.25, 0.3) is 15.9 Å². The molecule has 0 bridgehead atoms. The highest BCUT2D eigenvalue weighted by Crippen LogP contribution is 2.18. The molecule has 158 valence electrons. The van der Waals surface area contributed by atoms with Crippen LogP contribution >= 0.6 is 0 Å². The number of aromatic nitrogens is 2. The van der Waals surface area contributed by atoms with E-state index in [-0.39, 0.29) is 10.8 Å². The maximum absolute atomic E-state index is 12.5. The molecule has 0 unspecified atom stereocenters. The van der Waals surface area contributed by atoms with Gasteiger partial charge in [-0.25, -0.2) is 8.42 Å². The van der Waals surface area contributed by atoms with Crippen LogP contribution in [0.2, 0.25) is 0 Å². The van der Waals surface area contributed by atoms with Crippen LogP contribution in [0.15, 0.2) is 59.5 Å². The number of nitrogens with zero attached hydrogens (tertiary/aromatic N) is 3. The Balaban J connectivity index is 1.66. The molecule has 0 spiro atoms. The first-order valence-corrected chi connectivity index (χ1v) is 10.7. The summed E-state index contributed by atoms with van der Waals surface area (Å²) in [6, 6.07) is 15.2. The number of nitrogens with one attached hydrogen (secondary N) is 1. The van der Waals surface area contributed by atoms with Crippen molar-refractivity contribution in [2.75, 3.05) is 19.5 Å². The van der Waals surface area contributed by atoms with Crippen molar-refractivity contribution in [3.8, 4) is 0 Å². The summed E-state index contributed by atoms with van der Waals surface area (Å²) in [5, 5.41) is 7.21. The molecule has 3 aromatic rings. The fourth-order valence-electron chi connectivity index (χ4n) is 2.93. The number of benzene rings is 2. The van der Waals surface area contributed by atoms with Crippen LogP contribution in [0.25, 0.3) is 0 Å². The van der Waals surface area contributed by atoms with Gasteiger partial charge in [-0.2, -0.15) is 5.10 Å². The van der Waals surface area contributed by atoms with Crippen molar-refractivity contribution < 1.29 is 18.0 Å². The first kappa shape index (κ1) is 21.7. The molecule has 0 aliphatic carbocycles. The number of hydrogen-bond acceptors (Lipinski definition) is 5. The third-order valence-electron chi connectivity index (χ3n) is 4.66. The third-order valence-corrected chi connectivity index (χ3v) is 6.35. The summed E-state index contributed by atoms with van der Waals surface area (Å²) in [4.78, 5) is 17.3. The number of anilines is 1. The lowest BCUT2D eigenvalue weighted by Gasteiger charge is -2.14. The average molecular weight is 429 g/mol. The minimum atomic E-state index is -3.73. The molecule has 1 N–H and O–H groups in total. The zero-order valence-corrected chi connectivity index (χ0v) is 18.1. The van der Waals surface area contributed by atoms with Crippen molar-refractivity contribution in [2.45, 2.75) is 25.3 Å². The first-order chi connectivity index (χ1) is 14.2. The van der Waals surface area contributed by atoms with E-state index in [2.05, 4.69) is 10.4 Å². The minimum Gasteiger partial charge on any atom is -0.322 e. The summed E-state index contributed by atoms with van der Waals surface area (Å²) in [6.07, 6.45) is 0. The fraction of sp³-hybridized carbons (Fsp3) is 0.238. The van der Waals surface area contributed by atoms with Gasteiger partial charge >= 0.3 is 0 Å². The second kappa shape index (κ2) is 8.78. The highest BCUT2D eigenvalue weighted by Gasteiger charge is 2.20. The Hall–Kier alpha value is -3.01. The molecule has 0 saturated heterocycles. The average Bonchev–Trinajstić information content (AvgIpc) is 3.04. The zero-order chi connectivity index (χ0) is 21.9. The second-order valence-electron chi connectivity index (χ2n) is 6.86. The van der Waals surface area contributed by atoms with Crippen LogP contribution in [0.1, 0.15) is 27.3 Å². The maximum Gasteiger partial charge on any atom is 0.264 e. The lowest BCUT2D eigenvalue weighted by Crippen LogP contribution is -2.25. The predicted molar refractivity (Wildman–Crippen MR) is 114 cm³/mol. The Labute approximate surface area is 176 Å². The monoisotopic (exact) mass is 428 g/mol. The van der Waals surface area contributed by atoms with E-state index in [1.54, 1.807) is 12.1 Å². The molecule has 2 aromatic carbocycles. The Morgan fingerprint density at radius 1 is 1.10 bits per heavy atom. The molecule has 0 radical (unpaired) electrons. The predicted octanol–water partition coefficient (Wildman–Crippen LogP) is 2.98. The number of aryl methyl sites for hydroxylation is 2. The summed E-state index contributed by atoms with van der Waals surface area (Å²) in [7, 11) is -1.15. The van der Waals surface area contributed by atoms with E-state index in [1.807, 2.05) is 36.7 Å². The number of rotatable bonds is 7. The van der Waals surface area contributed by atoms with Gasteiger partial charge in [-0.05, 0) is 61.9 Å². The van der Waals surface area contributed by atoms with E-state index in [0.29, 0.717) is 17.8 Å². The van der Waals surface area contributed by atoms with Gasteiger partial charge < -0.3 is 5.32 Å². The quantitative estimate of drug-likeness (QED) is 0.584. The molecule has 0 aliphatic heterocycles. The van der Waals surface area contributed by atoms with Gasteiger partial charge in [-0.1, -0.05) is 16.6 Å². The molecular weight excluding hydrogens is 404 g/mol. The van der Waals surface area contributed by atoms with Crippen molar-refractivity contribution in [1.29, 1.82) is 0 Å². The number of carbonyl (C=O) groups excluding carboxylic acids is 1.